The zero-order chi connectivity index (χ0) is 16.3. The van der Waals surface area contributed by atoms with Crippen molar-refractivity contribution in [2.24, 2.45) is 5.41 Å². The molecular weight excluding hydrogens is 352 g/mol. The van der Waals surface area contributed by atoms with Crippen LogP contribution in [-0.4, -0.2) is 28.7 Å². The molecule has 1 rings (SSSR count). The van der Waals surface area contributed by atoms with Crippen molar-refractivity contribution in [2.45, 2.75) is 27.2 Å². The van der Waals surface area contributed by atoms with Gasteiger partial charge >= 0.3 is 0 Å². The van der Waals surface area contributed by atoms with Crippen LogP contribution in [0.1, 0.15) is 25.0 Å². The van der Waals surface area contributed by atoms with Gasteiger partial charge < -0.3 is 5.32 Å². The molecule has 1 atom stereocenters. The van der Waals surface area contributed by atoms with Crippen molar-refractivity contribution in [1.29, 1.82) is 4.78 Å². The maximum absolute atomic E-state index is 12.2. The molecule has 0 bridgehead atoms. The summed E-state index contributed by atoms with van der Waals surface area (Å²) in [5.74, 6) is 0.110. The number of benzene rings is 1. The highest BCUT2D eigenvalue weighted by Crippen LogP contribution is 2.25. The molecule has 1 aromatic carbocycles. The summed E-state index contributed by atoms with van der Waals surface area (Å²) in [6, 6.07) is 6.07. The predicted octanol–water partition coefficient (Wildman–Crippen LogP) is 3.12. The van der Waals surface area contributed by atoms with Crippen molar-refractivity contribution in [3.05, 3.63) is 33.8 Å². The molecule has 4 nitrogen and oxygen atoms in total. The van der Waals surface area contributed by atoms with E-state index in [2.05, 4.69) is 27.3 Å². The minimum atomic E-state index is -2.55. The van der Waals surface area contributed by atoms with Crippen LogP contribution < -0.4 is 5.32 Å². The Morgan fingerprint density at radius 1 is 1.43 bits per heavy atom. The van der Waals surface area contributed by atoms with E-state index < -0.39 is 15.1 Å². The van der Waals surface area contributed by atoms with Crippen LogP contribution in [0.25, 0.3) is 0 Å². The summed E-state index contributed by atoms with van der Waals surface area (Å²) in [6.07, 6.45) is 2.02. The maximum Gasteiger partial charge on any atom is 0.226 e. The normalized spacial score (nSPS) is 14.5. The number of hydrogen-bond acceptors (Lipinski definition) is 3. The van der Waals surface area contributed by atoms with E-state index in [1.54, 1.807) is 0 Å². The first-order chi connectivity index (χ1) is 9.51. The quantitative estimate of drug-likeness (QED) is 0.802. The summed E-state index contributed by atoms with van der Waals surface area (Å²) in [7, 11) is -2.55. The van der Waals surface area contributed by atoms with Gasteiger partial charge in [-0.15, -0.1) is 0 Å². The van der Waals surface area contributed by atoms with E-state index >= 15 is 0 Å². The van der Waals surface area contributed by atoms with Crippen LogP contribution in [0.4, 0.5) is 0 Å². The van der Waals surface area contributed by atoms with E-state index in [-0.39, 0.29) is 18.2 Å². The summed E-state index contributed by atoms with van der Waals surface area (Å²) in [4.78, 5) is 12.2. The number of amides is 1. The SMILES string of the molecule is Cc1cc(CC(C)(C)C(=O)NCCS(C)(=N)=O)ccc1Br. The topological polar surface area (TPSA) is 70.0 Å². The van der Waals surface area contributed by atoms with E-state index in [9.17, 15) is 9.00 Å². The third-order valence-electron chi connectivity index (χ3n) is 3.26. The first-order valence-electron chi connectivity index (χ1n) is 6.76. The Morgan fingerprint density at radius 2 is 2.05 bits per heavy atom. The minimum absolute atomic E-state index is 0.0771. The van der Waals surface area contributed by atoms with Crippen molar-refractivity contribution in [3.63, 3.8) is 0 Å². The predicted molar refractivity (Wildman–Crippen MR) is 91.0 cm³/mol. The van der Waals surface area contributed by atoms with Crippen LogP contribution in [0.3, 0.4) is 0 Å². The van der Waals surface area contributed by atoms with Gasteiger partial charge in [-0.3, -0.25) is 13.8 Å². The van der Waals surface area contributed by atoms with E-state index in [4.69, 9.17) is 4.78 Å². The van der Waals surface area contributed by atoms with Crippen molar-refractivity contribution in [2.75, 3.05) is 18.6 Å². The van der Waals surface area contributed by atoms with E-state index in [0.717, 1.165) is 15.6 Å². The van der Waals surface area contributed by atoms with Crippen LogP contribution in [0.5, 0.6) is 0 Å². The van der Waals surface area contributed by atoms with Gasteiger partial charge in [-0.2, -0.15) is 0 Å². The number of hydrogen-bond donors (Lipinski definition) is 2. The third kappa shape index (κ3) is 6.18. The van der Waals surface area contributed by atoms with Crippen molar-refractivity contribution in [1.82, 2.24) is 5.32 Å². The molecule has 0 fully saturated rings. The molecule has 6 heteroatoms. The van der Waals surface area contributed by atoms with Crippen LogP contribution in [0.2, 0.25) is 0 Å². The van der Waals surface area contributed by atoms with Crippen LogP contribution >= 0.6 is 15.9 Å². The lowest BCUT2D eigenvalue weighted by Gasteiger charge is -2.24. The fourth-order valence-corrected chi connectivity index (χ4v) is 2.74. The smallest absolute Gasteiger partial charge is 0.226 e. The van der Waals surface area contributed by atoms with Crippen molar-refractivity contribution < 1.29 is 9.00 Å². The number of halogens is 1. The summed E-state index contributed by atoms with van der Waals surface area (Å²) >= 11 is 3.47. The van der Waals surface area contributed by atoms with Gasteiger partial charge in [0.15, 0.2) is 0 Å². The van der Waals surface area contributed by atoms with Gasteiger partial charge in [0.25, 0.3) is 0 Å². The molecule has 0 saturated carbocycles. The average Bonchev–Trinajstić information content (AvgIpc) is 2.31. The lowest BCUT2D eigenvalue weighted by molar-refractivity contribution is -0.129. The fraction of sp³-hybridized carbons (Fsp3) is 0.533. The maximum atomic E-state index is 12.2. The summed E-state index contributed by atoms with van der Waals surface area (Å²) < 4.78 is 19.7. The monoisotopic (exact) mass is 374 g/mol. The van der Waals surface area contributed by atoms with Gasteiger partial charge in [-0.05, 0) is 30.5 Å². The molecule has 1 aromatic rings. The van der Waals surface area contributed by atoms with Gasteiger partial charge in [0.1, 0.15) is 0 Å². The molecule has 118 valence electrons. The Bertz CT molecular complexity index is 625. The molecular formula is C15H23BrN2O2S. The molecule has 2 N–H and O–H groups in total. The Morgan fingerprint density at radius 3 is 2.57 bits per heavy atom. The van der Waals surface area contributed by atoms with Gasteiger partial charge in [-0.1, -0.05) is 41.9 Å². The molecule has 0 saturated heterocycles. The fourth-order valence-electron chi connectivity index (χ4n) is 2.01. The highest BCUT2D eigenvalue weighted by molar-refractivity contribution is 9.10. The third-order valence-corrected chi connectivity index (χ3v) is 5.13. The highest BCUT2D eigenvalue weighted by atomic mass is 79.9. The Kier molecular flexibility index (Phi) is 5.99. The molecule has 0 aliphatic carbocycles. The van der Waals surface area contributed by atoms with Gasteiger partial charge in [-0.25, -0.2) is 0 Å². The molecule has 1 amide bonds. The van der Waals surface area contributed by atoms with Gasteiger partial charge in [0.2, 0.25) is 5.91 Å². The highest BCUT2D eigenvalue weighted by Gasteiger charge is 2.27. The first-order valence-corrected chi connectivity index (χ1v) is 9.69. The van der Waals surface area contributed by atoms with E-state index in [1.807, 2.05) is 32.9 Å². The summed E-state index contributed by atoms with van der Waals surface area (Å²) in [5, 5.41) is 2.78. The van der Waals surface area contributed by atoms with Gasteiger partial charge in [0, 0.05) is 38.2 Å². The number of carbonyl (C=O) groups excluding carboxylic acids is 1. The van der Waals surface area contributed by atoms with E-state index in [0.29, 0.717) is 6.42 Å². The molecule has 21 heavy (non-hydrogen) atoms. The lowest BCUT2D eigenvalue weighted by Crippen LogP contribution is -2.40. The molecule has 0 aliphatic heterocycles. The van der Waals surface area contributed by atoms with Crippen molar-refractivity contribution >= 4 is 31.6 Å². The Balaban J connectivity index is 2.67. The van der Waals surface area contributed by atoms with Crippen LogP contribution in [0.15, 0.2) is 22.7 Å². The van der Waals surface area contributed by atoms with Crippen molar-refractivity contribution in [3.8, 4) is 0 Å². The van der Waals surface area contributed by atoms with Crippen LogP contribution in [0, 0.1) is 17.1 Å². The largest absolute Gasteiger partial charge is 0.355 e. The van der Waals surface area contributed by atoms with E-state index in [1.165, 1.54) is 6.26 Å². The Hall–Kier alpha value is -0.880. The molecule has 0 aromatic heterocycles. The second kappa shape index (κ2) is 6.92. The summed E-state index contributed by atoms with van der Waals surface area (Å²) in [6.45, 7) is 6.08. The zero-order valence-corrected chi connectivity index (χ0v) is 15.4. The van der Waals surface area contributed by atoms with Gasteiger partial charge in [0.05, 0.1) is 0 Å². The molecule has 0 aliphatic rings. The van der Waals surface area contributed by atoms with Crippen LogP contribution in [-0.2, 0) is 20.9 Å². The second-order valence-electron chi connectivity index (χ2n) is 6.11. The summed E-state index contributed by atoms with van der Waals surface area (Å²) in [5.41, 5.74) is 1.70. The zero-order valence-electron chi connectivity index (χ0n) is 13.0. The molecule has 0 spiro atoms. The second-order valence-corrected chi connectivity index (χ2v) is 9.38. The lowest BCUT2D eigenvalue weighted by atomic mass is 9.84. The molecule has 0 heterocycles. The molecule has 1 unspecified atom stereocenters. The standard InChI is InChI=1S/C15H23BrN2O2S/c1-11-9-12(5-6-13(11)16)10-15(2,3)14(19)18-7-8-21(4,17)20/h5-6,9,17H,7-8,10H2,1-4H3,(H,18,19). The first kappa shape index (κ1) is 18.2. The number of carbonyl (C=O) groups is 1. The number of nitrogens with one attached hydrogen (secondary N) is 2. The number of aryl methyl sites for hydroxylation is 1. The minimum Gasteiger partial charge on any atom is -0.355 e. The molecule has 0 radical (unpaired) electrons. The Labute approximate surface area is 135 Å². The number of rotatable bonds is 6. The average molecular weight is 375 g/mol.